The van der Waals surface area contributed by atoms with Gasteiger partial charge in [-0.05, 0) is 34.1 Å². The predicted octanol–water partition coefficient (Wildman–Crippen LogP) is 1.61. The van der Waals surface area contributed by atoms with Crippen LogP contribution in [-0.2, 0) is 14.3 Å². The van der Waals surface area contributed by atoms with Crippen LogP contribution in [0.1, 0.15) is 40.5 Å². The molecule has 16 heavy (non-hydrogen) atoms. The predicted molar refractivity (Wildman–Crippen MR) is 57.9 cm³/mol. The zero-order valence-corrected chi connectivity index (χ0v) is 10.2. The number of nitrogens with one attached hydrogen (secondary N) is 1. The Morgan fingerprint density at radius 1 is 1.56 bits per heavy atom. The summed E-state index contributed by atoms with van der Waals surface area (Å²) in [5.41, 5.74) is -0.518. The van der Waals surface area contributed by atoms with E-state index in [1.54, 1.807) is 27.7 Å². The summed E-state index contributed by atoms with van der Waals surface area (Å²) in [4.78, 5) is 22.3. The molecule has 1 fully saturated rings. The summed E-state index contributed by atoms with van der Waals surface area (Å²) >= 11 is 0. The zero-order valence-electron chi connectivity index (χ0n) is 10.2. The van der Waals surface area contributed by atoms with Crippen LogP contribution < -0.4 is 5.32 Å². The highest BCUT2D eigenvalue weighted by molar-refractivity contribution is 5.72. The topological polar surface area (TPSA) is 64.6 Å². The summed E-state index contributed by atoms with van der Waals surface area (Å²) in [7, 11) is 0. The smallest absolute Gasteiger partial charge is 0.407 e. The van der Waals surface area contributed by atoms with Gasteiger partial charge >= 0.3 is 12.1 Å². The molecule has 0 saturated carbocycles. The van der Waals surface area contributed by atoms with E-state index >= 15 is 0 Å². The van der Waals surface area contributed by atoms with Crippen molar-refractivity contribution < 1.29 is 19.1 Å². The standard InChI is InChI=1S/C11H19NO4/c1-7(8-5-6-9(13)15-8)12-10(14)16-11(2,3)4/h7-8H,5-6H2,1-4H3,(H,12,14). The summed E-state index contributed by atoms with van der Waals surface area (Å²) in [6.45, 7) is 7.19. The molecule has 0 bridgehead atoms. The van der Waals surface area contributed by atoms with Crippen LogP contribution in [0.25, 0.3) is 0 Å². The minimum atomic E-state index is -0.518. The SMILES string of the molecule is CC(NC(=O)OC(C)(C)C)C1CCC(=O)O1. The van der Waals surface area contributed by atoms with Gasteiger partial charge in [0.05, 0.1) is 6.04 Å². The Morgan fingerprint density at radius 2 is 2.19 bits per heavy atom. The molecule has 2 atom stereocenters. The lowest BCUT2D eigenvalue weighted by Crippen LogP contribution is -2.43. The molecule has 0 aromatic carbocycles. The second kappa shape index (κ2) is 4.72. The van der Waals surface area contributed by atoms with Gasteiger partial charge in [-0.3, -0.25) is 4.79 Å². The molecule has 1 saturated heterocycles. The van der Waals surface area contributed by atoms with Crippen LogP contribution in [0.4, 0.5) is 4.79 Å². The summed E-state index contributed by atoms with van der Waals surface area (Å²) < 4.78 is 10.1. The molecule has 0 aromatic rings. The van der Waals surface area contributed by atoms with Crippen molar-refractivity contribution in [3.8, 4) is 0 Å². The van der Waals surface area contributed by atoms with Crippen molar-refractivity contribution in [1.29, 1.82) is 0 Å². The average Bonchev–Trinajstić information content (AvgIpc) is 2.47. The van der Waals surface area contributed by atoms with Gasteiger partial charge in [-0.25, -0.2) is 4.79 Å². The van der Waals surface area contributed by atoms with E-state index in [1.165, 1.54) is 0 Å². The van der Waals surface area contributed by atoms with E-state index in [4.69, 9.17) is 9.47 Å². The summed E-state index contributed by atoms with van der Waals surface area (Å²) in [5.74, 6) is -0.206. The molecule has 1 rings (SSSR count). The van der Waals surface area contributed by atoms with Crippen molar-refractivity contribution in [2.75, 3.05) is 0 Å². The minimum absolute atomic E-state index is 0.206. The van der Waals surface area contributed by atoms with Crippen LogP contribution in [0.3, 0.4) is 0 Å². The van der Waals surface area contributed by atoms with Crippen molar-refractivity contribution in [2.24, 2.45) is 0 Å². The first-order valence-electron chi connectivity index (χ1n) is 5.47. The first kappa shape index (κ1) is 12.8. The third-order valence-corrected chi connectivity index (χ3v) is 2.22. The molecule has 1 N–H and O–H groups in total. The third-order valence-electron chi connectivity index (χ3n) is 2.22. The molecule has 1 heterocycles. The number of hydrogen-bond donors (Lipinski definition) is 1. The Morgan fingerprint density at radius 3 is 2.62 bits per heavy atom. The molecule has 92 valence electrons. The molecule has 5 heteroatoms. The quantitative estimate of drug-likeness (QED) is 0.730. The van der Waals surface area contributed by atoms with Crippen molar-refractivity contribution in [3.05, 3.63) is 0 Å². The Bertz CT molecular complexity index is 282. The lowest BCUT2D eigenvalue weighted by atomic mass is 10.1. The van der Waals surface area contributed by atoms with E-state index in [9.17, 15) is 9.59 Å². The van der Waals surface area contributed by atoms with Gasteiger partial charge in [0.15, 0.2) is 0 Å². The number of ether oxygens (including phenoxy) is 2. The van der Waals surface area contributed by atoms with Crippen LogP contribution in [-0.4, -0.2) is 29.8 Å². The fourth-order valence-corrected chi connectivity index (χ4v) is 1.49. The Balaban J connectivity index is 2.36. The van der Waals surface area contributed by atoms with E-state index in [2.05, 4.69) is 5.32 Å². The summed E-state index contributed by atoms with van der Waals surface area (Å²) in [6, 6.07) is -0.221. The van der Waals surface area contributed by atoms with Crippen molar-refractivity contribution in [1.82, 2.24) is 5.32 Å². The van der Waals surface area contributed by atoms with E-state index in [0.29, 0.717) is 12.8 Å². The second-order valence-electron chi connectivity index (χ2n) is 5.00. The van der Waals surface area contributed by atoms with Crippen LogP contribution in [0.15, 0.2) is 0 Å². The van der Waals surface area contributed by atoms with E-state index in [0.717, 1.165) is 0 Å². The summed E-state index contributed by atoms with van der Waals surface area (Å²) in [5, 5.41) is 2.66. The second-order valence-corrected chi connectivity index (χ2v) is 5.00. The number of amides is 1. The van der Waals surface area contributed by atoms with Crippen molar-refractivity contribution in [3.63, 3.8) is 0 Å². The lowest BCUT2D eigenvalue weighted by Gasteiger charge is -2.24. The molecule has 0 spiro atoms. The highest BCUT2D eigenvalue weighted by atomic mass is 16.6. The highest BCUT2D eigenvalue weighted by Gasteiger charge is 2.30. The number of hydrogen-bond acceptors (Lipinski definition) is 4. The van der Waals surface area contributed by atoms with Crippen molar-refractivity contribution in [2.45, 2.75) is 58.3 Å². The van der Waals surface area contributed by atoms with E-state index in [1.807, 2.05) is 0 Å². The molecular formula is C11H19NO4. The van der Waals surface area contributed by atoms with Crippen LogP contribution in [0, 0.1) is 0 Å². The van der Waals surface area contributed by atoms with Gasteiger partial charge in [0.25, 0.3) is 0 Å². The van der Waals surface area contributed by atoms with E-state index < -0.39 is 11.7 Å². The molecule has 1 aliphatic rings. The molecular weight excluding hydrogens is 210 g/mol. The Hall–Kier alpha value is -1.26. The van der Waals surface area contributed by atoms with E-state index in [-0.39, 0.29) is 18.1 Å². The van der Waals surface area contributed by atoms with Crippen LogP contribution in [0.5, 0.6) is 0 Å². The Kier molecular flexibility index (Phi) is 3.78. The third kappa shape index (κ3) is 4.08. The highest BCUT2D eigenvalue weighted by Crippen LogP contribution is 2.17. The van der Waals surface area contributed by atoms with Gasteiger partial charge in [0.2, 0.25) is 0 Å². The van der Waals surface area contributed by atoms with Gasteiger partial charge in [-0.2, -0.15) is 0 Å². The average molecular weight is 229 g/mol. The molecule has 5 nitrogen and oxygen atoms in total. The molecule has 2 unspecified atom stereocenters. The first-order chi connectivity index (χ1) is 7.28. The number of esters is 1. The maximum Gasteiger partial charge on any atom is 0.407 e. The maximum atomic E-state index is 11.4. The van der Waals surface area contributed by atoms with Crippen molar-refractivity contribution >= 4 is 12.1 Å². The molecule has 0 radical (unpaired) electrons. The van der Waals surface area contributed by atoms with Crippen LogP contribution in [0.2, 0.25) is 0 Å². The van der Waals surface area contributed by atoms with Gasteiger partial charge in [-0.1, -0.05) is 0 Å². The fraction of sp³-hybridized carbons (Fsp3) is 0.818. The normalized spacial score (nSPS) is 22.5. The monoisotopic (exact) mass is 229 g/mol. The number of carbonyl (C=O) groups excluding carboxylic acids is 2. The zero-order chi connectivity index (χ0) is 12.3. The number of carbonyl (C=O) groups is 2. The summed E-state index contributed by atoms with van der Waals surface area (Å²) in [6.07, 6.45) is 0.351. The number of cyclic esters (lactones) is 1. The van der Waals surface area contributed by atoms with Gasteiger partial charge in [0.1, 0.15) is 11.7 Å². The number of rotatable bonds is 2. The van der Waals surface area contributed by atoms with Gasteiger partial charge < -0.3 is 14.8 Å². The van der Waals surface area contributed by atoms with Gasteiger partial charge in [0, 0.05) is 6.42 Å². The lowest BCUT2D eigenvalue weighted by molar-refractivity contribution is -0.142. The maximum absolute atomic E-state index is 11.4. The molecule has 0 aromatic heterocycles. The number of alkyl carbamates (subject to hydrolysis) is 1. The minimum Gasteiger partial charge on any atom is -0.460 e. The first-order valence-corrected chi connectivity index (χ1v) is 5.47. The molecule has 1 amide bonds. The fourth-order valence-electron chi connectivity index (χ4n) is 1.49. The molecule has 0 aliphatic carbocycles. The molecule has 1 aliphatic heterocycles. The van der Waals surface area contributed by atoms with Gasteiger partial charge in [-0.15, -0.1) is 0 Å². The largest absolute Gasteiger partial charge is 0.460 e. The Labute approximate surface area is 95.5 Å². The van der Waals surface area contributed by atoms with Crippen LogP contribution >= 0.6 is 0 Å².